The van der Waals surface area contributed by atoms with Gasteiger partial charge in [0.25, 0.3) is 11.6 Å². The summed E-state index contributed by atoms with van der Waals surface area (Å²) in [5, 5.41) is 18.1. The number of amides is 1. The number of anilines is 1. The van der Waals surface area contributed by atoms with E-state index in [0.717, 1.165) is 11.3 Å². The van der Waals surface area contributed by atoms with E-state index in [0.29, 0.717) is 17.1 Å². The molecule has 1 heterocycles. The highest BCUT2D eigenvalue weighted by Gasteiger charge is 2.20. The van der Waals surface area contributed by atoms with Gasteiger partial charge in [0.15, 0.2) is 5.82 Å². The van der Waals surface area contributed by atoms with Gasteiger partial charge >= 0.3 is 0 Å². The van der Waals surface area contributed by atoms with Crippen molar-refractivity contribution in [2.45, 2.75) is 6.92 Å². The van der Waals surface area contributed by atoms with Crippen LogP contribution in [0.3, 0.4) is 0 Å². The summed E-state index contributed by atoms with van der Waals surface area (Å²) in [5.41, 5.74) is 2.49. The molecule has 4 rings (SSSR count). The van der Waals surface area contributed by atoms with Gasteiger partial charge in [0.1, 0.15) is 0 Å². The molecule has 0 saturated heterocycles. The Kier molecular flexibility index (Phi) is 5.04. The van der Waals surface area contributed by atoms with Crippen molar-refractivity contribution in [3.63, 3.8) is 0 Å². The van der Waals surface area contributed by atoms with Crippen LogP contribution in [0.25, 0.3) is 17.1 Å². The van der Waals surface area contributed by atoms with Gasteiger partial charge in [0.2, 0.25) is 5.82 Å². The first-order valence-corrected chi connectivity index (χ1v) is 9.17. The summed E-state index contributed by atoms with van der Waals surface area (Å²) in [6.45, 7) is 1.75. The van der Waals surface area contributed by atoms with Crippen molar-refractivity contribution in [1.29, 1.82) is 0 Å². The van der Waals surface area contributed by atoms with Crippen LogP contribution in [0.1, 0.15) is 16.2 Å². The van der Waals surface area contributed by atoms with Crippen LogP contribution in [0.15, 0.2) is 78.9 Å². The minimum Gasteiger partial charge on any atom is -0.319 e. The second kappa shape index (κ2) is 7.96. The monoisotopic (exact) mass is 399 g/mol. The number of carbonyl (C=O) groups excluding carboxylic acids is 1. The molecule has 0 aliphatic heterocycles. The summed E-state index contributed by atoms with van der Waals surface area (Å²) in [4.78, 5) is 27.8. The summed E-state index contributed by atoms with van der Waals surface area (Å²) < 4.78 is 1.60. The van der Waals surface area contributed by atoms with Crippen LogP contribution in [-0.4, -0.2) is 25.6 Å². The van der Waals surface area contributed by atoms with Gasteiger partial charge in [-0.2, -0.15) is 0 Å². The third-order valence-electron chi connectivity index (χ3n) is 4.52. The van der Waals surface area contributed by atoms with Crippen LogP contribution in [-0.2, 0) is 0 Å². The molecular weight excluding hydrogens is 382 g/mol. The van der Waals surface area contributed by atoms with E-state index in [4.69, 9.17) is 0 Å². The fraction of sp³-hybridized carbons (Fsp3) is 0.0455. The molecule has 4 aromatic rings. The maximum absolute atomic E-state index is 12.9. The number of aromatic nitrogens is 3. The summed E-state index contributed by atoms with van der Waals surface area (Å²) in [5.74, 6) is -0.0724. The van der Waals surface area contributed by atoms with Gasteiger partial charge in [-0.25, -0.2) is 9.67 Å². The quantitative estimate of drug-likeness (QED) is 0.396. The Bertz CT molecular complexity index is 1160. The van der Waals surface area contributed by atoms with E-state index in [1.165, 1.54) is 12.1 Å². The zero-order valence-electron chi connectivity index (χ0n) is 16.0. The average Bonchev–Trinajstić information content (AvgIpc) is 3.22. The van der Waals surface area contributed by atoms with Crippen molar-refractivity contribution < 1.29 is 9.72 Å². The first-order valence-electron chi connectivity index (χ1n) is 9.17. The van der Waals surface area contributed by atoms with E-state index in [1.54, 1.807) is 17.7 Å². The van der Waals surface area contributed by atoms with Crippen molar-refractivity contribution >= 4 is 17.3 Å². The Hall–Kier alpha value is -4.33. The molecule has 0 atom stereocenters. The first kappa shape index (κ1) is 19.0. The number of benzene rings is 3. The molecule has 30 heavy (non-hydrogen) atoms. The van der Waals surface area contributed by atoms with E-state index in [2.05, 4.69) is 15.4 Å². The van der Waals surface area contributed by atoms with Crippen LogP contribution in [0.4, 0.5) is 11.4 Å². The second-order valence-electron chi connectivity index (χ2n) is 6.58. The van der Waals surface area contributed by atoms with Gasteiger partial charge in [-0.15, -0.1) is 5.10 Å². The number of rotatable bonds is 5. The highest BCUT2D eigenvalue weighted by Crippen LogP contribution is 2.24. The topological polar surface area (TPSA) is 103 Å². The number of hydrogen-bond acceptors (Lipinski definition) is 5. The summed E-state index contributed by atoms with van der Waals surface area (Å²) in [6, 6.07) is 23.1. The number of non-ortho nitro benzene ring substituents is 1. The highest BCUT2D eigenvalue weighted by atomic mass is 16.6. The standard InChI is InChI=1S/C22H17N5O3/c1-15-12-13-18(27(29)30)14-19(15)23-22(28)20-24-21(16-8-4-2-5-9-16)26(25-20)17-10-6-3-7-11-17/h2-14H,1H3,(H,23,28). The molecule has 1 amide bonds. The van der Waals surface area contributed by atoms with E-state index in [1.807, 2.05) is 60.7 Å². The summed E-state index contributed by atoms with van der Waals surface area (Å²) >= 11 is 0. The number of nitrogens with zero attached hydrogens (tertiary/aromatic N) is 4. The molecule has 1 aromatic heterocycles. The lowest BCUT2D eigenvalue weighted by Crippen LogP contribution is -2.15. The van der Waals surface area contributed by atoms with Crippen molar-refractivity contribution in [2.75, 3.05) is 5.32 Å². The minimum absolute atomic E-state index is 0.0383. The maximum atomic E-state index is 12.9. The number of nitrogens with one attached hydrogen (secondary N) is 1. The van der Waals surface area contributed by atoms with E-state index >= 15 is 0 Å². The first-order chi connectivity index (χ1) is 14.5. The molecule has 0 spiro atoms. The smallest absolute Gasteiger partial charge is 0.295 e. The summed E-state index contributed by atoms with van der Waals surface area (Å²) in [6.07, 6.45) is 0. The highest BCUT2D eigenvalue weighted by molar-refractivity contribution is 6.02. The maximum Gasteiger partial charge on any atom is 0.295 e. The Balaban J connectivity index is 1.73. The Morgan fingerprint density at radius 1 is 1.00 bits per heavy atom. The molecule has 8 heteroatoms. The van der Waals surface area contributed by atoms with E-state index in [9.17, 15) is 14.9 Å². The Labute approximate surface area is 172 Å². The molecule has 0 radical (unpaired) electrons. The molecule has 0 fully saturated rings. The molecule has 0 saturated carbocycles. The number of hydrogen-bond donors (Lipinski definition) is 1. The zero-order chi connectivity index (χ0) is 21.1. The average molecular weight is 399 g/mol. The van der Waals surface area contributed by atoms with E-state index in [-0.39, 0.29) is 11.5 Å². The predicted molar refractivity (Wildman–Crippen MR) is 113 cm³/mol. The minimum atomic E-state index is -0.550. The Morgan fingerprint density at radius 3 is 2.33 bits per heavy atom. The lowest BCUT2D eigenvalue weighted by Gasteiger charge is -2.06. The lowest BCUT2D eigenvalue weighted by atomic mass is 10.2. The Morgan fingerprint density at radius 2 is 1.67 bits per heavy atom. The molecule has 148 valence electrons. The van der Waals surface area contributed by atoms with Gasteiger partial charge in [0.05, 0.1) is 16.3 Å². The third kappa shape index (κ3) is 3.79. The van der Waals surface area contributed by atoms with Crippen molar-refractivity contribution in [1.82, 2.24) is 14.8 Å². The third-order valence-corrected chi connectivity index (χ3v) is 4.52. The SMILES string of the molecule is Cc1ccc([N+](=O)[O-])cc1NC(=O)c1nc(-c2ccccc2)n(-c2ccccc2)n1. The molecule has 8 nitrogen and oxygen atoms in total. The molecule has 0 bridgehead atoms. The van der Waals surface area contributed by atoms with Crippen LogP contribution < -0.4 is 5.32 Å². The van der Waals surface area contributed by atoms with Crippen LogP contribution >= 0.6 is 0 Å². The van der Waals surface area contributed by atoms with E-state index < -0.39 is 10.8 Å². The predicted octanol–water partition coefficient (Wildman–Crippen LogP) is 4.40. The number of aryl methyl sites for hydroxylation is 1. The van der Waals surface area contributed by atoms with Gasteiger partial charge in [-0.3, -0.25) is 14.9 Å². The molecule has 0 aliphatic carbocycles. The van der Waals surface area contributed by atoms with Gasteiger partial charge in [0, 0.05) is 17.7 Å². The van der Waals surface area contributed by atoms with Crippen molar-refractivity contribution in [3.8, 4) is 17.1 Å². The van der Waals surface area contributed by atoms with Gasteiger partial charge < -0.3 is 5.32 Å². The molecular formula is C22H17N5O3. The van der Waals surface area contributed by atoms with Crippen LogP contribution in [0, 0.1) is 17.0 Å². The second-order valence-corrected chi connectivity index (χ2v) is 6.58. The molecule has 1 N–H and O–H groups in total. The normalized spacial score (nSPS) is 10.6. The number of nitro groups is 1. The molecule has 0 unspecified atom stereocenters. The lowest BCUT2D eigenvalue weighted by molar-refractivity contribution is -0.384. The van der Waals surface area contributed by atoms with Gasteiger partial charge in [-0.05, 0) is 24.6 Å². The fourth-order valence-electron chi connectivity index (χ4n) is 2.97. The fourth-order valence-corrected chi connectivity index (χ4v) is 2.97. The number of para-hydroxylation sites is 1. The van der Waals surface area contributed by atoms with Crippen molar-refractivity contribution in [3.05, 3.63) is 100 Å². The van der Waals surface area contributed by atoms with Crippen LogP contribution in [0.2, 0.25) is 0 Å². The molecule has 0 aliphatic rings. The largest absolute Gasteiger partial charge is 0.319 e. The van der Waals surface area contributed by atoms with Crippen LogP contribution in [0.5, 0.6) is 0 Å². The van der Waals surface area contributed by atoms with Crippen molar-refractivity contribution in [2.24, 2.45) is 0 Å². The summed E-state index contributed by atoms with van der Waals surface area (Å²) in [7, 11) is 0. The number of carbonyl (C=O) groups is 1. The zero-order valence-corrected chi connectivity index (χ0v) is 16.0. The number of nitro benzene ring substituents is 1. The van der Waals surface area contributed by atoms with Gasteiger partial charge in [-0.1, -0.05) is 54.6 Å². The molecule has 3 aromatic carbocycles.